The van der Waals surface area contributed by atoms with Crippen LogP contribution < -0.4 is 0 Å². The van der Waals surface area contributed by atoms with Crippen molar-refractivity contribution < 1.29 is 26.4 Å². The molecule has 1 aliphatic carbocycles. The number of hydrogen-bond donors (Lipinski definition) is 0. The van der Waals surface area contributed by atoms with Crippen molar-refractivity contribution in [3.63, 3.8) is 0 Å². The number of sulfone groups is 1. The Hall–Kier alpha value is -2.75. The van der Waals surface area contributed by atoms with E-state index in [0.717, 1.165) is 0 Å². The molecule has 186 valence electrons. The summed E-state index contributed by atoms with van der Waals surface area (Å²) in [5.74, 6) is -0.214. The van der Waals surface area contributed by atoms with Crippen molar-refractivity contribution in [2.24, 2.45) is 5.41 Å². The third-order valence-corrected chi connectivity index (χ3v) is 9.34. The first kappa shape index (κ1) is 24.0. The summed E-state index contributed by atoms with van der Waals surface area (Å²) in [7, 11) is -3.07. The monoisotopic (exact) mass is 505 g/mol. The molecule has 0 amide bonds. The highest BCUT2D eigenvalue weighted by Gasteiger charge is 2.64. The number of carbonyl (C=O) groups is 1. The molecule has 10 heteroatoms. The average Bonchev–Trinajstić information content (AvgIpc) is 3.47. The van der Waals surface area contributed by atoms with E-state index in [1.165, 1.54) is 12.3 Å². The summed E-state index contributed by atoms with van der Waals surface area (Å²) in [6, 6.07) is 8.01. The molecule has 0 bridgehead atoms. The Balaban J connectivity index is 1.53. The molecule has 6 nitrogen and oxygen atoms in total. The highest BCUT2D eigenvalue weighted by atomic mass is 32.2. The predicted molar refractivity (Wildman–Crippen MR) is 126 cm³/mol. The number of fused-ring (bicyclic) bond motifs is 1. The second-order valence-electron chi connectivity index (χ2n) is 10.6. The van der Waals surface area contributed by atoms with Gasteiger partial charge in [0.15, 0.2) is 15.6 Å². The van der Waals surface area contributed by atoms with Gasteiger partial charge in [0.1, 0.15) is 11.2 Å². The predicted octanol–water partition coefficient (Wildman–Crippen LogP) is 5.28. The van der Waals surface area contributed by atoms with E-state index in [1.807, 2.05) is 13.8 Å². The van der Waals surface area contributed by atoms with Crippen LogP contribution in [0.1, 0.15) is 62.0 Å². The number of nitrogens with zero attached hydrogens (tertiary/aromatic N) is 3. The zero-order valence-electron chi connectivity index (χ0n) is 19.7. The van der Waals surface area contributed by atoms with Crippen molar-refractivity contribution in [1.82, 2.24) is 14.8 Å². The van der Waals surface area contributed by atoms with Gasteiger partial charge in [-0.2, -0.15) is 18.3 Å². The molecule has 1 saturated carbocycles. The van der Waals surface area contributed by atoms with Crippen LogP contribution in [0, 0.1) is 5.41 Å². The van der Waals surface area contributed by atoms with E-state index in [4.69, 9.17) is 0 Å². The summed E-state index contributed by atoms with van der Waals surface area (Å²) in [5.41, 5.74) is 0.329. The van der Waals surface area contributed by atoms with Crippen LogP contribution in [-0.4, -0.2) is 46.6 Å². The molecule has 0 spiro atoms. The summed E-state index contributed by atoms with van der Waals surface area (Å²) in [6.07, 6.45) is -2.62. The molecule has 2 fully saturated rings. The lowest BCUT2D eigenvalue weighted by Crippen LogP contribution is -2.47. The number of halogens is 3. The van der Waals surface area contributed by atoms with Gasteiger partial charge >= 0.3 is 6.18 Å². The molecule has 0 atom stereocenters. The smallest absolute Gasteiger partial charge is 0.294 e. The number of hydrogen-bond acceptors (Lipinski definition) is 5. The van der Waals surface area contributed by atoms with Gasteiger partial charge in [0.25, 0.3) is 0 Å². The van der Waals surface area contributed by atoms with Crippen molar-refractivity contribution in [2.75, 3.05) is 11.5 Å². The van der Waals surface area contributed by atoms with Crippen LogP contribution in [0.4, 0.5) is 13.2 Å². The quantitative estimate of drug-likeness (QED) is 0.426. The molecule has 2 aliphatic rings. The van der Waals surface area contributed by atoms with Crippen LogP contribution in [-0.2, 0) is 15.3 Å². The Morgan fingerprint density at radius 1 is 1.17 bits per heavy atom. The maximum absolute atomic E-state index is 13.7. The molecule has 1 saturated heterocycles. The first-order valence-corrected chi connectivity index (χ1v) is 13.4. The maximum atomic E-state index is 13.7. The van der Waals surface area contributed by atoms with Crippen LogP contribution in [0.5, 0.6) is 0 Å². The van der Waals surface area contributed by atoms with Gasteiger partial charge in [0.2, 0.25) is 0 Å². The van der Waals surface area contributed by atoms with Crippen LogP contribution in [0.3, 0.4) is 0 Å². The zero-order valence-corrected chi connectivity index (χ0v) is 20.5. The number of Topliss-reactive ketones (excluding diaryl/α,β-unsaturated/α-hetero) is 1. The number of pyridine rings is 1. The first-order chi connectivity index (χ1) is 16.2. The summed E-state index contributed by atoms with van der Waals surface area (Å²) >= 11 is 0. The van der Waals surface area contributed by atoms with E-state index in [1.54, 1.807) is 35.9 Å². The fraction of sp³-hybridized carbons (Fsp3) is 0.480. The normalized spacial score (nSPS) is 20.1. The SMILES string of the molecule is CC(C)n1nc(-c2cccc(C3(C(F)(F)F)CC3)c2)c2ncc(C(=O)CC3(C)CS(=O)(=O)C3)cc21. The Bertz CT molecular complexity index is 1440. The fourth-order valence-electron chi connectivity index (χ4n) is 5.20. The van der Waals surface area contributed by atoms with E-state index in [-0.39, 0.29) is 48.2 Å². The van der Waals surface area contributed by atoms with E-state index in [2.05, 4.69) is 10.1 Å². The fourth-order valence-corrected chi connectivity index (χ4v) is 7.44. The second kappa shape index (κ2) is 7.62. The third kappa shape index (κ3) is 4.05. The molecule has 3 heterocycles. The van der Waals surface area contributed by atoms with Crippen LogP contribution in [0.15, 0.2) is 36.5 Å². The Labute approximate surface area is 201 Å². The maximum Gasteiger partial charge on any atom is 0.398 e. The number of rotatable bonds is 6. The lowest BCUT2D eigenvalue weighted by Gasteiger charge is -2.37. The summed E-state index contributed by atoms with van der Waals surface area (Å²) < 4.78 is 66.0. The van der Waals surface area contributed by atoms with E-state index in [0.29, 0.717) is 27.9 Å². The molecule has 2 aromatic heterocycles. The lowest BCUT2D eigenvalue weighted by atomic mass is 9.86. The van der Waals surface area contributed by atoms with Crippen LogP contribution in [0.25, 0.3) is 22.3 Å². The molecule has 1 aliphatic heterocycles. The topological polar surface area (TPSA) is 81.9 Å². The Morgan fingerprint density at radius 2 is 1.86 bits per heavy atom. The molecule has 5 rings (SSSR count). The first-order valence-electron chi connectivity index (χ1n) is 11.5. The third-order valence-electron chi connectivity index (χ3n) is 7.06. The second-order valence-corrected chi connectivity index (χ2v) is 12.6. The molecule has 1 aromatic carbocycles. The van der Waals surface area contributed by atoms with E-state index < -0.39 is 26.8 Å². The summed E-state index contributed by atoms with van der Waals surface area (Å²) in [6.45, 7) is 5.63. The molecule has 0 radical (unpaired) electrons. The molecule has 0 N–H and O–H groups in total. The standard InChI is InChI=1S/C25H26F3N3O3S/c1-15(2)31-19-10-17(20(32)11-23(3)13-35(33,34)14-23)12-29-22(19)21(30-31)16-5-4-6-18(9-16)24(7-8-24)25(26,27)28/h4-6,9-10,12,15H,7-8,11,13-14H2,1-3H3. The van der Waals surface area contributed by atoms with Gasteiger partial charge in [-0.3, -0.25) is 14.5 Å². The lowest BCUT2D eigenvalue weighted by molar-refractivity contribution is -0.160. The van der Waals surface area contributed by atoms with Crippen molar-refractivity contribution in [3.8, 4) is 11.3 Å². The molecule has 35 heavy (non-hydrogen) atoms. The van der Waals surface area contributed by atoms with E-state index >= 15 is 0 Å². The van der Waals surface area contributed by atoms with Gasteiger partial charge in [0.05, 0.1) is 22.4 Å². The molecule has 0 unspecified atom stereocenters. The van der Waals surface area contributed by atoms with E-state index in [9.17, 15) is 26.4 Å². The minimum Gasteiger partial charge on any atom is -0.294 e. The van der Waals surface area contributed by atoms with Crippen molar-refractivity contribution >= 4 is 26.7 Å². The Kier molecular flexibility index (Phi) is 5.22. The zero-order chi connectivity index (χ0) is 25.4. The molecular weight excluding hydrogens is 479 g/mol. The average molecular weight is 506 g/mol. The minimum absolute atomic E-state index is 0.00869. The number of carbonyl (C=O) groups excluding carboxylic acids is 1. The highest BCUT2D eigenvalue weighted by Crippen LogP contribution is 2.59. The molecular formula is C25H26F3N3O3S. The molecule has 3 aromatic rings. The number of ketones is 1. The van der Waals surface area contributed by atoms with Gasteiger partial charge in [-0.1, -0.05) is 25.1 Å². The largest absolute Gasteiger partial charge is 0.398 e. The van der Waals surface area contributed by atoms with Gasteiger partial charge < -0.3 is 0 Å². The highest BCUT2D eigenvalue weighted by molar-refractivity contribution is 7.92. The van der Waals surface area contributed by atoms with Crippen LogP contribution >= 0.6 is 0 Å². The summed E-state index contributed by atoms with van der Waals surface area (Å²) in [5, 5.41) is 4.67. The van der Waals surface area contributed by atoms with Gasteiger partial charge in [-0.05, 0) is 44.4 Å². The van der Waals surface area contributed by atoms with Crippen LogP contribution in [0.2, 0.25) is 0 Å². The van der Waals surface area contributed by atoms with Crippen molar-refractivity contribution in [2.45, 2.75) is 57.7 Å². The van der Waals surface area contributed by atoms with Gasteiger partial charge in [-0.15, -0.1) is 0 Å². The van der Waals surface area contributed by atoms with Crippen molar-refractivity contribution in [3.05, 3.63) is 47.7 Å². The van der Waals surface area contributed by atoms with Crippen molar-refractivity contribution in [1.29, 1.82) is 0 Å². The number of alkyl halides is 3. The summed E-state index contributed by atoms with van der Waals surface area (Å²) in [4.78, 5) is 17.4. The number of benzene rings is 1. The van der Waals surface area contributed by atoms with Gasteiger partial charge in [-0.25, -0.2) is 8.42 Å². The minimum atomic E-state index is -4.31. The number of aromatic nitrogens is 3. The Morgan fingerprint density at radius 3 is 2.43 bits per heavy atom. The van der Waals surface area contributed by atoms with Gasteiger partial charge in [0, 0.05) is 35.2 Å².